The van der Waals surface area contributed by atoms with E-state index in [4.69, 9.17) is 0 Å². The number of aromatic nitrogens is 2. The van der Waals surface area contributed by atoms with Crippen LogP contribution < -0.4 is 10.6 Å². The Kier molecular flexibility index (Phi) is 2.87. The number of hydrogen-bond acceptors (Lipinski definition) is 3. The molecule has 1 aliphatic heterocycles. The van der Waals surface area contributed by atoms with Gasteiger partial charge in [-0.05, 0) is 6.42 Å². The van der Waals surface area contributed by atoms with Crippen molar-refractivity contribution in [1.29, 1.82) is 0 Å². The molecule has 1 aromatic heterocycles. The highest BCUT2D eigenvalue weighted by Gasteiger charge is 2.28. The van der Waals surface area contributed by atoms with Crippen LogP contribution in [0.1, 0.15) is 25.8 Å². The van der Waals surface area contributed by atoms with Gasteiger partial charge in [0.15, 0.2) is 5.82 Å². The second kappa shape index (κ2) is 4.20. The average Bonchev–Trinajstić information content (AvgIpc) is 2.57. The molecule has 1 aromatic rings. The van der Waals surface area contributed by atoms with E-state index in [1.807, 2.05) is 6.92 Å². The smallest absolute Gasteiger partial charge is 0.228 e. The van der Waals surface area contributed by atoms with E-state index in [0.717, 1.165) is 5.56 Å². The molecule has 0 saturated heterocycles. The summed E-state index contributed by atoms with van der Waals surface area (Å²) in [6.07, 6.45) is 1.02. The Hall–Kier alpha value is -1.85. The van der Waals surface area contributed by atoms with E-state index in [2.05, 4.69) is 15.7 Å². The number of nitrogens with zero attached hydrogens (tertiary/aromatic N) is 2. The normalized spacial score (nSPS) is 18.5. The Morgan fingerprint density at radius 2 is 2.35 bits per heavy atom. The summed E-state index contributed by atoms with van der Waals surface area (Å²) in [5, 5.41) is 9.77. The van der Waals surface area contributed by atoms with Crippen molar-refractivity contribution in [3.8, 4) is 0 Å². The lowest BCUT2D eigenvalue weighted by Gasteiger charge is -2.19. The summed E-state index contributed by atoms with van der Waals surface area (Å²) in [5.74, 6) is 1.06. The number of hydrogen-bond donors (Lipinski definition) is 2. The predicted octanol–water partition coefficient (Wildman–Crippen LogP) is 0.899. The fraction of sp³-hybridized carbons (Fsp3) is 0.545. The summed E-state index contributed by atoms with van der Waals surface area (Å²) >= 11 is 0. The van der Waals surface area contributed by atoms with E-state index in [9.17, 15) is 9.59 Å². The highest BCUT2D eigenvalue weighted by atomic mass is 16.2. The molecule has 6 nitrogen and oxygen atoms in total. The maximum absolute atomic E-state index is 11.6. The molecular formula is C11H16N4O2. The SMILES string of the molecule is CCC(=O)Nc1nn(C)c2c1C[C@H](C)C(=O)N2. The van der Waals surface area contributed by atoms with Gasteiger partial charge in [-0.3, -0.25) is 14.3 Å². The number of carbonyl (C=O) groups is 2. The van der Waals surface area contributed by atoms with Gasteiger partial charge in [0.2, 0.25) is 11.8 Å². The zero-order valence-electron chi connectivity index (χ0n) is 10.2. The van der Waals surface area contributed by atoms with Gasteiger partial charge in [-0.25, -0.2) is 0 Å². The lowest BCUT2D eigenvalue weighted by molar-refractivity contribution is -0.119. The molecule has 0 fully saturated rings. The van der Waals surface area contributed by atoms with Crippen LogP contribution in [0, 0.1) is 5.92 Å². The van der Waals surface area contributed by atoms with E-state index < -0.39 is 0 Å². The van der Waals surface area contributed by atoms with Crippen LogP contribution in [-0.4, -0.2) is 21.6 Å². The zero-order valence-corrected chi connectivity index (χ0v) is 10.2. The highest BCUT2D eigenvalue weighted by Crippen LogP contribution is 2.30. The van der Waals surface area contributed by atoms with Crippen molar-refractivity contribution >= 4 is 23.5 Å². The van der Waals surface area contributed by atoms with E-state index in [1.54, 1.807) is 18.7 Å². The maximum atomic E-state index is 11.6. The minimum absolute atomic E-state index is 0.00568. The molecule has 0 saturated carbocycles. The minimum Gasteiger partial charge on any atom is -0.310 e. The van der Waals surface area contributed by atoms with Crippen molar-refractivity contribution in [3.63, 3.8) is 0 Å². The maximum Gasteiger partial charge on any atom is 0.228 e. The van der Waals surface area contributed by atoms with Crippen LogP contribution in [-0.2, 0) is 23.1 Å². The molecule has 2 heterocycles. The van der Waals surface area contributed by atoms with Gasteiger partial charge in [-0.2, -0.15) is 5.10 Å². The summed E-state index contributed by atoms with van der Waals surface area (Å²) < 4.78 is 1.59. The predicted molar refractivity (Wildman–Crippen MR) is 63.6 cm³/mol. The third kappa shape index (κ3) is 2.02. The van der Waals surface area contributed by atoms with Gasteiger partial charge in [-0.15, -0.1) is 0 Å². The molecule has 6 heteroatoms. The quantitative estimate of drug-likeness (QED) is 0.801. The first-order chi connectivity index (χ1) is 8.02. The van der Waals surface area contributed by atoms with Crippen molar-refractivity contribution in [1.82, 2.24) is 9.78 Å². The van der Waals surface area contributed by atoms with Gasteiger partial charge < -0.3 is 10.6 Å². The standard InChI is InChI=1S/C11H16N4O2/c1-4-8(16)12-9-7-5-6(2)11(17)13-10(7)15(3)14-9/h6H,4-5H2,1-3H3,(H,13,17)(H,12,14,16)/t6-/m0/s1. The number of amides is 2. The van der Waals surface area contributed by atoms with Gasteiger partial charge in [0.25, 0.3) is 0 Å². The molecule has 0 radical (unpaired) electrons. The summed E-state index contributed by atoms with van der Waals surface area (Å²) in [5.41, 5.74) is 0.904. The van der Waals surface area contributed by atoms with Crippen LogP contribution >= 0.6 is 0 Å². The Labute approximate surface area is 99.4 Å². The first-order valence-corrected chi connectivity index (χ1v) is 5.69. The number of anilines is 2. The largest absolute Gasteiger partial charge is 0.310 e. The Bertz CT molecular complexity index is 478. The highest BCUT2D eigenvalue weighted by molar-refractivity contribution is 5.97. The molecule has 92 valence electrons. The van der Waals surface area contributed by atoms with Crippen LogP contribution in [0.25, 0.3) is 0 Å². The second-order valence-corrected chi connectivity index (χ2v) is 4.30. The molecule has 0 unspecified atom stereocenters. The molecule has 1 aliphatic rings. The Balaban J connectivity index is 2.34. The molecule has 0 aromatic carbocycles. The van der Waals surface area contributed by atoms with E-state index >= 15 is 0 Å². The van der Waals surface area contributed by atoms with Crippen LogP contribution in [0.5, 0.6) is 0 Å². The topological polar surface area (TPSA) is 76.0 Å². The van der Waals surface area contributed by atoms with Crippen molar-refractivity contribution in [2.75, 3.05) is 10.6 Å². The van der Waals surface area contributed by atoms with Gasteiger partial charge >= 0.3 is 0 Å². The molecule has 17 heavy (non-hydrogen) atoms. The van der Waals surface area contributed by atoms with Gasteiger partial charge in [0.1, 0.15) is 5.82 Å². The van der Waals surface area contributed by atoms with Crippen LogP contribution in [0.4, 0.5) is 11.6 Å². The summed E-state index contributed by atoms with van der Waals surface area (Å²) in [6, 6.07) is 0. The lowest BCUT2D eigenvalue weighted by atomic mass is 9.98. The van der Waals surface area contributed by atoms with Crippen molar-refractivity contribution in [3.05, 3.63) is 5.56 Å². The third-order valence-electron chi connectivity index (χ3n) is 2.92. The first kappa shape index (κ1) is 11.6. The van der Waals surface area contributed by atoms with Crippen LogP contribution in [0.15, 0.2) is 0 Å². The van der Waals surface area contributed by atoms with Crippen molar-refractivity contribution in [2.24, 2.45) is 13.0 Å². The van der Waals surface area contributed by atoms with Gasteiger partial charge in [-0.1, -0.05) is 13.8 Å². The van der Waals surface area contributed by atoms with E-state index in [-0.39, 0.29) is 17.7 Å². The lowest BCUT2D eigenvalue weighted by Crippen LogP contribution is -2.28. The second-order valence-electron chi connectivity index (χ2n) is 4.30. The number of nitrogens with one attached hydrogen (secondary N) is 2. The Morgan fingerprint density at radius 1 is 1.65 bits per heavy atom. The van der Waals surface area contributed by atoms with Crippen LogP contribution in [0.3, 0.4) is 0 Å². The van der Waals surface area contributed by atoms with Crippen LogP contribution in [0.2, 0.25) is 0 Å². The van der Waals surface area contributed by atoms with Gasteiger partial charge in [0, 0.05) is 24.9 Å². The molecule has 2 N–H and O–H groups in total. The Morgan fingerprint density at radius 3 is 3.00 bits per heavy atom. The molecular weight excluding hydrogens is 220 g/mol. The summed E-state index contributed by atoms with van der Waals surface area (Å²) in [6.45, 7) is 3.64. The van der Waals surface area contributed by atoms with Gasteiger partial charge in [0.05, 0.1) is 0 Å². The molecule has 0 aliphatic carbocycles. The first-order valence-electron chi connectivity index (χ1n) is 5.69. The fourth-order valence-electron chi connectivity index (χ4n) is 1.88. The zero-order chi connectivity index (χ0) is 12.6. The molecule has 0 spiro atoms. The molecule has 2 rings (SSSR count). The average molecular weight is 236 g/mol. The monoisotopic (exact) mass is 236 g/mol. The number of aryl methyl sites for hydroxylation is 1. The minimum atomic E-state index is -0.0935. The number of carbonyl (C=O) groups excluding carboxylic acids is 2. The van der Waals surface area contributed by atoms with Crippen molar-refractivity contribution < 1.29 is 9.59 Å². The molecule has 0 bridgehead atoms. The number of fused-ring (bicyclic) bond motifs is 1. The van der Waals surface area contributed by atoms with E-state index in [1.165, 1.54) is 0 Å². The summed E-state index contributed by atoms with van der Waals surface area (Å²) in [7, 11) is 1.75. The van der Waals surface area contributed by atoms with Crippen molar-refractivity contribution in [2.45, 2.75) is 26.7 Å². The van der Waals surface area contributed by atoms with E-state index in [0.29, 0.717) is 24.5 Å². The molecule has 2 amide bonds. The molecule has 1 atom stereocenters. The summed E-state index contributed by atoms with van der Waals surface area (Å²) in [4.78, 5) is 22.9. The third-order valence-corrected chi connectivity index (χ3v) is 2.92. The fourth-order valence-corrected chi connectivity index (χ4v) is 1.88. The number of rotatable bonds is 2.